The predicted molar refractivity (Wildman–Crippen MR) is 58.9 cm³/mol. The summed E-state index contributed by atoms with van der Waals surface area (Å²) >= 11 is 10.9. The van der Waals surface area contributed by atoms with Crippen molar-refractivity contribution in [2.45, 2.75) is 38.6 Å². The largest absolute Gasteiger partial charge is 0.466 e. The van der Waals surface area contributed by atoms with Gasteiger partial charge in [-0.1, -0.05) is 0 Å². The lowest BCUT2D eigenvalue weighted by molar-refractivity contribution is -0.140. The molecule has 0 rings (SSSR count). The molecule has 0 heterocycles. The van der Waals surface area contributed by atoms with Crippen LogP contribution in [0.3, 0.4) is 0 Å². The molecule has 0 aliphatic heterocycles. The highest BCUT2D eigenvalue weighted by atomic mass is 35.5. The highest BCUT2D eigenvalue weighted by Crippen LogP contribution is 2.09. The van der Waals surface area contributed by atoms with E-state index in [2.05, 4.69) is 4.74 Å². The van der Waals surface area contributed by atoms with Crippen molar-refractivity contribution in [2.24, 2.45) is 0 Å². The van der Waals surface area contributed by atoms with Crippen LogP contribution in [0.15, 0.2) is 0 Å². The molecule has 0 saturated carbocycles. The summed E-state index contributed by atoms with van der Waals surface area (Å²) in [5.74, 6) is -0.211. The van der Waals surface area contributed by atoms with E-state index in [0.717, 1.165) is 0 Å². The molecular formula is C9H18Cl2O3. The summed E-state index contributed by atoms with van der Waals surface area (Å²) < 4.78 is 9.44. The number of hydrogen-bond acceptors (Lipinski definition) is 3. The van der Waals surface area contributed by atoms with Gasteiger partial charge in [-0.3, -0.25) is 4.79 Å². The summed E-state index contributed by atoms with van der Waals surface area (Å²) in [5.41, 5.74) is 0. The fourth-order valence-corrected chi connectivity index (χ4v) is 0.684. The Hall–Kier alpha value is 0.01000. The van der Waals surface area contributed by atoms with Gasteiger partial charge in [0.2, 0.25) is 0 Å². The lowest BCUT2D eigenvalue weighted by Crippen LogP contribution is -2.15. The van der Waals surface area contributed by atoms with Crippen LogP contribution in [-0.4, -0.2) is 30.1 Å². The van der Waals surface area contributed by atoms with Gasteiger partial charge in [-0.2, -0.15) is 0 Å². The topological polar surface area (TPSA) is 35.5 Å². The Morgan fingerprint density at radius 3 is 1.86 bits per heavy atom. The average molecular weight is 245 g/mol. The first-order chi connectivity index (χ1) is 6.45. The zero-order chi connectivity index (χ0) is 11.6. The smallest absolute Gasteiger partial charge is 0.302 e. The summed E-state index contributed by atoms with van der Waals surface area (Å²) in [6, 6.07) is 0. The van der Waals surface area contributed by atoms with Crippen molar-refractivity contribution in [3.63, 3.8) is 0 Å². The molecule has 0 aliphatic rings. The van der Waals surface area contributed by atoms with E-state index in [-0.39, 0.29) is 12.1 Å². The van der Waals surface area contributed by atoms with Gasteiger partial charge in [-0.05, 0) is 20.8 Å². The molecule has 86 valence electrons. The molecule has 0 N–H and O–H groups in total. The second-order valence-electron chi connectivity index (χ2n) is 2.42. The predicted octanol–water partition coefficient (Wildman–Crippen LogP) is 2.78. The Morgan fingerprint density at radius 2 is 1.79 bits per heavy atom. The first-order valence-electron chi connectivity index (χ1n) is 4.48. The number of hydrogen-bond donors (Lipinski definition) is 0. The monoisotopic (exact) mass is 244 g/mol. The SMILES string of the molecule is CCOC(C)=O.CCOC(C)C(Cl)Cl. The molecule has 0 aromatic rings. The van der Waals surface area contributed by atoms with Crippen LogP contribution in [0, 0.1) is 0 Å². The van der Waals surface area contributed by atoms with Gasteiger partial charge in [0, 0.05) is 13.5 Å². The van der Waals surface area contributed by atoms with E-state index in [0.29, 0.717) is 13.2 Å². The van der Waals surface area contributed by atoms with Gasteiger partial charge in [-0.25, -0.2) is 0 Å². The molecule has 0 aliphatic carbocycles. The van der Waals surface area contributed by atoms with Crippen molar-refractivity contribution in [2.75, 3.05) is 13.2 Å². The first-order valence-corrected chi connectivity index (χ1v) is 5.36. The zero-order valence-corrected chi connectivity index (χ0v) is 10.6. The van der Waals surface area contributed by atoms with Crippen LogP contribution < -0.4 is 0 Å². The fourth-order valence-electron chi connectivity index (χ4n) is 0.539. The minimum Gasteiger partial charge on any atom is -0.466 e. The van der Waals surface area contributed by atoms with Crippen molar-refractivity contribution in [3.8, 4) is 0 Å². The molecule has 1 atom stereocenters. The minimum atomic E-state index is -0.407. The maximum atomic E-state index is 9.82. The van der Waals surface area contributed by atoms with Gasteiger partial charge in [0.15, 0.2) is 0 Å². The van der Waals surface area contributed by atoms with Crippen molar-refractivity contribution in [3.05, 3.63) is 0 Å². The van der Waals surface area contributed by atoms with Crippen molar-refractivity contribution in [1.82, 2.24) is 0 Å². The van der Waals surface area contributed by atoms with Crippen molar-refractivity contribution in [1.29, 1.82) is 0 Å². The highest BCUT2D eigenvalue weighted by Gasteiger charge is 2.08. The Labute approximate surface area is 95.7 Å². The lowest BCUT2D eigenvalue weighted by atomic mass is 10.5. The maximum Gasteiger partial charge on any atom is 0.302 e. The first kappa shape index (κ1) is 16.4. The van der Waals surface area contributed by atoms with Crippen LogP contribution in [0.4, 0.5) is 0 Å². The Bertz CT molecular complexity index is 140. The van der Waals surface area contributed by atoms with Crippen LogP contribution in [-0.2, 0) is 14.3 Å². The van der Waals surface area contributed by atoms with Crippen molar-refractivity contribution >= 4 is 29.2 Å². The number of ether oxygens (including phenoxy) is 2. The molecule has 0 aromatic heterocycles. The number of rotatable bonds is 4. The lowest BCUT2D eigenvalue weighted by Gasteiger charge is -2.10. The average Bonchev–Trinajstić information content (AvgIpc) is 2.05. The second kappa shape index (κ2) is 11.1. The quantitative estimate of drug-likeness (QED) is 0.564. The normalized spacial score (nSPS) is 11.6. The van der Waals surface area contributed by atoms with E-state index in [4.69, 9.17) is 27.9 Å². The van der Waals surface area contributed by atoms with E-state index >= 15 is 0 Å². The van der Waals surface area contributed by atoms with Gasteiger partial charge < -0.3 is 9.47 Å². The van der Waals surface area contributed by atoms with Gasteiger partial charge in [0.1, 0.15) is 4.84 Å². The van der Waals surface area contributed by atoms with Gasteiger partial charge in [0.05, 0.1) is 12.7 Å². The maximum absolute atomic E-state index is 9.82. The molecule has 0 radical (unpaired) electrons. The molecule has 5 heteroatoms. The van der Waals surface area contributed by atoms with E-state index in [1.165, 1.54) is 6.92 Å². The van der Waals surface area contributed by atoms with Gasteiger partial charge in [0.25, 0.3) is 0 Å². The third-order valence-corrected chi connectivity index (χ3v) is 1.84. The molecule has 14 heavy (non-hydrogen) atoms. The van der Waals surface area contributed by atoms with Crippen LogP contribution in [0.1, 0.15) is 27.7 Å². The Balaban J connectivity index is 0. The summed E-state index contributed by atoms with van der Waals surface area (Å²) in [6.07, 6.45) is -0.0525. The number of carbonyl (C=O) groups excluding carboxylic acids is 1. The van der Waals surface area contributed by atoms with E-state index in [1.54, 1.807) is 6.92 Å². The Kier molecular flexibility index (Phi) is 13.0. The number of halogens is 2. The van der Waals surface area contributed by atoms with Crippen LogP contribution in [0.2, 0.25) is 0 Å². The van der Waals surface area contributed by atoms with Crippen LogP contribution in [0.5, 0.6) is 0 Å². The summed E-state index contributed by atoms with van der Waals surface area (Å²) in [6.45, 7) is 8.07. The standard InChI is InChI=1S/C5H10Cl2O.C4H8O2/c1-3-8-4(2)5(6)7;1-3-6-4(2)5/h4-5H,3H2,1-2H3;3H2,1-2H3. The molecule has 0 fully saturated rings. The molecule has 0 aromatic carbocycles. The van der Waals surface area contributed by atoms with Gasteiger partial charge >= 0.3 is 5.97 Å². The zero-order valence-electron chi connectivity index (χ0n) is 9.05. The van der Waals surface area contributed by atoms with E-state index in [9.17, 15) is 4.79 Å². The Morgan fingerprint density at radius 1 is 1.29 bits per heavy atom. The third kappa shape index (κ3) is 14.5. The molecule has 0 spiro atoms. The molecule has 0 amide bonds. The van der Waals surface area contributed by atoms with Crippen LogP contribution >= 0.6 is 23.2 Å². The van der Waals surface area contributed by atoms with Crippen molar-refractivity contribution < 1.29 is 14.3 Å². The summed E-state index contributed by atoms with van der Waals surface area (Å²) in [5, 5.41) is 0. The molecule has 0 bridgehead atoms. The highest BCUT2D eigenvalue weighted by molar-refractivity contribution is 6.44. The van der Waals surface area contributed by atoms with E-state index in [1.807, 2.05) is 13.8 Å². The molecule has 3 nitrogen and oxygen atoms in total. The molecule has 1 unspecified atom stereocenters. The summed E-state index contributed by atoms with van der Waals surface area (Å²) in [4.78, 5) is 9.41. The fraction of sp³-hybridized carbons (Fsp3) is 0.889. The second-order valence-corrected chi connectivity index (χ2v) is 3.58. The third-order valence-electron chi connectivity index (χ3n) is 1.13. The number of alkyl halides is 2. The minimum absolute atomic E-state index is 0.0525. The summed E-state index contributed by atoms with van der Waals surface area (Å²) in [7, 11) is 0. The van der Waals surface area contributed by atoms with Crippen LogP contribution in [0.25, 0.3) is 0 Å². The molecule has 0 saturated heterocycles. The number of esters is 1. The van der Waals surface area contributed by atoms with Gasteiger partial charge in [-0.15, -0.1) is 23.2 Å². The molecular weight excluding hydrogens is 227 g/mol. The van der Waals surface area contributed by atoms with E-state index < -0.39 is 4.84 Å². The number of carbonyl (C=O) groups is 1.